The zero-order valence-electron chi connectivity index (χ0n) is 17.7. The predicted octanol–water partition coefficient (Wildman–Crippen LogP) is 3.77. The summed E-state index contributed by atoms with van der Waals surface area (Å²) in [5.74, 6) is -2.32. The molecule has 0 radical (unpaired) electrons. The van der Waals surface area contributed by atoms with Gasteiger partial charge in [0.05, 0.1) is 22.1 Å². The van der Waals surface area contributed by atoms with Crippen molar-refractivity contribution in [2.45, 2.75) is 29.9 Å². The van der Waals surface area contributed by atoms with Crippen molar-refractivity contribution in [3.05, 3.63) is 82.7 Å². The van der Waals surface area contributed by atoms with E-state index in [4.69, 9.17) is 0 Å². The first kappa shape index (κ1) is 23.1. The molecular formula is C22H20F2N4O3S2. The number of hydrogen-bond acceptors (Lipinski definition) is 7. The fourth-order valence-electron chi connectivity index (χ4n) is 3.55. The summed E-state index contributed by atoms with van der Waals surface area (Å²) in [7, 11) is -3.32. The standard InChI is InChI=1S/C22H20F2N4O3S2/c1-14(21-27-20(10-32-21)15-3-6-17(7-4-15)33(2,30)31)22(29,11-28-13-25-12-26-28)18-8-5-16(23)9-19(18)24/h3-10,12-14,29H,11H2,1-2H3/t14-,22+/m0/s1. The zero-order valence-corrected chi connectivity index (χ0v) is 19.3. The monoisotopic (exact) mass is 490 g/mol. The van der Waals surface area contributed by atoms with Crippen LogP contribution in [0.25, 0.3) is 11.3 Å². The van der Waals surface area contributed by atoms with Gasteiger partial charge in [0.15, 0.2) is 9.84 Å². The van der Waals surface area contributed by atoms with E-state index in [1.165, 1.54) is 46.9 Å². The van der Waals surface area contributed by atoms with Gasteiger partial charge in [-0.15, -0.1) is 11.3 Å². The Morgan fingerprint density at radius 3 is 2.52 bits per heavy atom. The van der Waals surface area contributed by atoms with Gasteiger partial charge in [0.2, 0.25) is 0 Å². The number of halogens is 2. The summed E-state index contributed by atoms with van der Waals surface area (Å²) in [6, 6.07) is 9.35. The number of benzene rings is 2. The molecule has 33 heavy (non-hydrogen) atoms. The summed E-state index contributed by atoms with van der Waals surface area (Å²) in [5.41, 5.74) is -0.601. The molecule has 0 saturated carbocycles. The third kappa shape index (κ3) is 4.70. The van der Waals surface area contributed by atoms with Crippen LogP contribution in [0.15, 0.2) is 65.4 Å². The maximum atomic E-state index is 14.7. The van der Waals surface area contributed by atoms with Crippen LogP contribution in [0.3, 0.4) is 0 Å². The number of thiazole rings is 1. The lowest BCUT2D eigenvalue weighted by Gasteiger charge is -2.33. The smallest absolute Gasteiger partial charge is 0.175 e. The topological polar surface area (TPSA) is 98.0 Å². The highest BCUT2D eigenvalue weighted by molar-refractivity contribution is 7.90. The molecule has 2 heterocycles. The van der Waals surface area contributed by atoms with Crippen LogP contribution in [0.2, 0.25) is 0 Å². The van der Waals surface area contributed by atoms with Crippen molar-refractivity contribution >= 4 is 21.2 Å². The second-order valence-corrected chi connectivity index (χ2v) is 10.6. The molecular weight excluding hydrogens is 470 g/mol. The molecule has 0 amide bonds. The van der Waals surface area contributed by atoms with Gasteiger partial charge < -0.3 is 5.11 Å². The third-order valence-corrected chi connectivity index (χ3v) is 7.61. The van der Waals surface area contributed by atoms with E-state index in [2.05, 4.69) is 15.1 Å². The third-order valence-electron chi connectivity index (χ3n) is 5.45. The van der Waals surface area contributed by atoms with Crippen LogP contribution in [0, 0.1) is 11.6 Å². The van der Waals surface area contributed by atoms with E-state index in [1.807, 2.05) is 0 Å². The van der Waals surface area contributed by atoms with Crippen molar-refractivity contribution in [2.24, 2.45) is 0 Å². The van der Waals surface area contributed by atoms with Crippen LogP contribution in [0.1, 0.15) is 23.4 Å². The van der Waals surface area contributed by atoms with Gasteiger partial charge in [0, 0.05) is 34.7 Å². The van der Waals surface area contributed by atoms with Crippen LogP contribution in [0.5, 0.6) is 0 Å². The van der Waals surface area contributed by atoms with Crippen molar-refractivity contribution in [3.8, 4) is 11.3 Å². The summed E-state index contributed by atoms with van der Waals surface area (Å²) < 4.78 is 53.0. The molecule has 2 atom stereocenters. The first-order valence-corrected chi connectivity index (χ1v) is 12.6. The fraction of sp³-hybridized carbons (Fsp3) is 0.227. The number of rotatable bonds is 7. The minimum absolute atomic E-state index is 0.0823. The molecule has 4 rings (SSSR count). The minimum atomic E-state index is -3.32. The highest BCUT2D eigenvalue weighted by Crippen LogP contribution is 2.41. The minimum Gasteiger partial charge on any atom is -0.382 e. The number of sulfone groups is 1. The number of hydrogen-bond donors (Lipinski definition) is 1. The normalized spacial score (nSPS) is 14.7. The summed E-state index contributed by atoms with van der Waals surface area (Å²) in [6.45, 7) is 1.57. The van der Waals surface area contributed by atoms with Crippen molar-refractivity contribution in [3.63, 3.8) is 0 Å². The van der Waals surface area contributed by atoms with Crippen LogP contribution in [-0.2, 0) is 22.0 Å². The molecule has 0 bridgehead atoms. The van der Waals surface area contributed by atoms with Gasteiger partial charge in [-0.25, -0.2) is 31.8 Å². The van der Waals surface area contributed by atoms with Crippen LogP contribution >= 0.6 is 11.3 Å². The van der Waals surface area contributed by atoms with E-state index in [-0.39, 0.29) is 17.0 Å². The molecule has 2 aromatic heterocycles. The second-order valence-electron chi connectivity index (χ2n) is 7.73. The zero-order chi connectivity index (χ0) is 23.8. The van der Waals surface area contributed by atoms with E-state index in [0.717, 1.165) is 18.4 Å². The summed E-state index contributed by atoms with van der Waals surface area (Å²) in [6.07, 6.45) is 3.83. The van der Waals surface area contributed by atoms with Gasteiger partial charge in [-0.2, -0.15) is 5.10 Å². The Balaban J connectivity index is 1.71. The molecule has 0 spiro atoms. The maximum absolute atomic E-state index is 14.7. The van der Waals surface area contributed by atoms with Crippen LogP contribution in [0.4, 0.5) is 8.78 Å². The van der Waals surface area contributed by atoms with Crippen LogP contribution in [-0.4, -0.2) is 39.5 Å². The Hall–Kier alpha value is -3.02. The number of aliphatic hydroxyl groups is 1. The Morgan fingerprint density at radius 1 is 1.18 bits per heavy atom. The average molecular weight is 491 g/mol. The molecule has 4 aromatic rings. The first-order chi connectivity index (χ1) is 15.6. The molecule has 0 aliphatic carbocycles. The quantitative estimate of drug-likeness (QED) is 0.424. The van der Waals surface area contributed by atoms with E-state index < -0.39 is 33.0 Å². The molecule has 172 valence electrons. The SMILES string of the molecule is C[C@@H](c1nc(-c2ccc(S(C)(=O)=O)cc2)cs1)[C@](O)(Cn1cncn1)c1ccc(F)cc1F. The van der Waals surface area contributed by atoms with Crippen molar-refractivity contribution in [1.82, 2.24) is 19.7 Å². The van der Waals surface area contributed by atoms with Crippen LogP contribution < -0.4 is 0 Å². The lowest BCUT2D eigenvalue weighted by atomic mass is 9.82. The predicted molar refractivity (Wildman–Crippen MR) is 119 cm³/mol. The lowest BCUT2D eigenvalue weighted by molar-refractivity contribution is -0.0112. The highest BCUT2D eigenvalue weighted by atomic mass is 32.2. The second kappa shape index (κ2) is 8.73. The molecule has 0 unspecified atom stereocenters. The van der Waals surface area contributed by atoms with E-state index in [9.17, 15) is 22.3 Å². The van der Waals surface area contributed by atoms with Gasteiger partial charge in [-0.05, 0) is 18.2 Å². The Labute approximate surface area is 193 Å². The summed E-state index contributed by atoms with van der Waals surface area (Å²) in [5, 5.41) is 18.0. The summed E-state index contributed by atoms with van der Waals surface area (Å²) in [4.78, 5) is 8.67. The number of aromatic nitrogens is 4. The van der Waals surface area contributed by atoms with Gasteiger partial charge in [-0.1, -0.05) is 25.1 Å². The molecule has 0 aliphatic heterocycles. The van der Waals surface area contributed by atoms with Gasteiger partial charge in [-0.3, -0.25) is 0 Å². The fourth-order valence-corrected chi connectivity index (χ4v) is 5.16. The summed E-state index contributed by atoms with van der Waals surface area (Å²) >= 11 is 1.27. The lowest BCUT2D eigenvalue weighted by Crippen LogP contribution is -2.38. The van der Waals surface area contributed by atoms with Gasteiger partial charge >= 0.3 is 0 Å². The Bertz CT molecular complexity index is 1370. The Morgan fingerprint density at radius 2 is 1.91 bits per heavy atom. The largest absolute Gasteiger partial charge is 0.382 e. The van der Waals surface area contributed by atoms with Crippen molar-refractivity contribution < 1.29 is 22.3 Å². The van der Waals surface area contributed by atoms with E-state index in [0.29, 0.717) is 16.3 Å². The molecule has 2 aromatic carbocycles. The highest BCUT2D eigenvalue weighted by Gasteiger charge is 2.41. The molecule has 1 N–H and O–H groups in total. The molecule has 7 nitrogen and oxygen atoms in total. The van der Waals surface area contributed by atoms with Gasteiger partial charge in [0.1, 0.15) is 29.9 Å². The van der Waals surface area contributed by atoms with Gasteiger partial charge in [0.25, 0.3) is 0 Å². The van der Waals surface area contributed by atoms with Crippen molar-refractivity contribution in [2.75, 3.05) is 6.26 Å². The van der Waals surface area contributed by atoms with Crippen molar-refractivity contribution in [1.29, 1.82) is 0 Å². The molecule has 0 fully saturated rings. The molecule has 0 saturated heterocycles. The Kier molecular flexibility index (Phi) is 6.12. The van der Waals surface area contributed by atoms with E-state index in [1.54, 1.807) is 24.4 Å². The molecule has 11 heteroatoms. The maximum Gasteiger partial charge on any atom is 0.175 e. The average Bonchev–Trinajstić information content (AvgIpc) is 3.44. The molecule has 0 aliphatic rings. The van der Waals surface area contributed by atoms with E-state index >= 15 is 0 Å². The first-order valence-electron chi connectivity index (χ1n) is 9.84. The number of nitrogens with zero attached hydrogens (tertiary/aromatic N) is 4.